The van der Waals surface area contributed by atoms with Gasteiger partial charge in [0.2, 0.25) is 5.91 Å². The summed E-state index contributed by atoms with van der Waals surface area (Å²) in [5.41, 5.74) is 2.45. The Bertz CT molecular complexity index is 1490. The number of hydrogen-bond donors (Lipinski definition) is 2. The summed E-state index contributed by atoms with van der Waals surface area (Å²) in [6.45, 7) is 7.64. The fraction of sp³-hybridized carbons (Fsp3) is 0.233. The lowest BCUT2D eigenvalue weighted by Crippen LogP contribution is -2.29. The van der Waals surface area contributed by atoms with Crippen molar-refractivity contribution in [3.63, 3.8) is 0 Å². The maximum Gasteiger partial charge on any atom is 0.300 e. The van der Waals surface area contributed by atoms with Gasteiger partial charge in [-0.2, -0.15) is 0 Å². The number of aliphatic hydroxyl groups is 1. The second kappa shape index (κ2) is 10.8. The average Bonchev–Trinajstić information content (AvgIpc) is 3.13. The fourth-order valence-electron chi connectivity index (χ4n) is 4.58. The van der Waals surface area contributed by atoms with Gasteiger partial charge in [-0.3, -0.25) is 19.3 Å². The van der Waals surface area contributed by atoms with Gasteiger partial charge < -0.3 is 15.2 Å². The molecule has 7 nitrogen and oxygen atoms in total. The molecule has 202 valence electrons. The molecule has 0 bridgehead atoms. The average molecular weight is 567 g/mol. The second-order valence-electron chi connectivity index (χ2n) is 10.2. The van der Waals surface area contributed by atoms with E-state index in [1.807, 2.05) is 24.3 Å². The van der Waals surface area contributed by atoms with Crippen molar-refractivity contribution in [3.05, 3.63) is 93.0 Å². The van der Waals surface area contributed by atoms with Crippen LogP contribution in [0.2, 0.25) is 10.0 Å². The molecule has 0 aliphatic carbocycles. The Labute approximate surface area is 237 Å². The standard InChI is InChI=1S/C30H28Cl2N2O5/c1-16(35)33-20-10-12-21(13-11-20)34-25(17-6-8-18(9-7-17)30(2,3)4)24(27(37)29(34)38)26(36)22-14-19(31)15-23(32)28(22)39-5/h6-15,25,36H,1-5H3,(H,33,35)/b26-24+. The van der Waals surface area contributed by atoms with Crippen molar-refractivity contribution in [2.24, 2.45) is 0 Å². The van der Waals surface area contributed by atoms with Crippen LogP contribution in [-0.2, 0) is 19.8 Å². The molecule has 1 fully saturated rings. The van der Waals surface area contributed by atoms with Crippen molar-refractivity contribution in [2.75, 3.05) is 17.3 Å². The van der Waals surface area contributed by atoms with Crippen LogP contribution in [0.1, 0.15) is 50.4 Å². The first-order valence-corrected chi connectivity index (χ1v) is 12.9. The monoisotopic (exact) mass is 566 g/mol. The normalized spacial score (nSPS) is 16.9. The number of halogens is 2. The van der Waals surface area contributed by atoms with Gasteiger partial charge in [0.05, 0.1) is 29.3 Å². The Balaban J connectivity index is 1.95. The molecular weight excluding hydrogens is 539 g/mol. The Hall–Kier alpha value is -3.81. The van der Waals surface area contributed by atoms with Gasteiger partial charge in [-0.05, 0) is 52.9 Å². The van der Waals surface area contributed by atoms with E-state index < -0.39 is 23.5 Å². The Morgan fingerprint density at radius 3 is 2.15 bits per heavy atom. The van der Waals surface area contributed by atoms with Gasteiger partial charge in [-0.25, -0.2) is 0 Å². The molecule has 39 heavy (non-hydrogen) atoms. The van der Waals surface area contributed by atoms with Crippen LogP contribution >= 0.6 is 23.2 Å². The second-order valence-corrected chi connectivity index (χ2v) is 11.1. The third-order valence-corrected chi connectivity index (χ3v) is 6.97. The molecule has 0 aromatic heterocycles. The first kappa shape index (κ1) is 28.2. The molecule has 1 unspecified atom stereocenters. The summed E-state index contributed by atoms with van der Waals surface area (Å²) in [5, 5.41) is 14.6. The Kier molecular flexibility index (Phi) is 7.77. The molecule has 0 saturated carbocycles. The summed E-state index contributed by atoms with van der Waals surface area (Å²) in [4.78, 5) is 39.8. The highest BCUT2D eigenvalue weighted by molar-refractivity contribution is 6.52. The molecule has 0 radical (unpaired) electrons. The number of hydrogen-bond acceptors (Lipinski definition) is 5. The lowest BCUT2D eigenvalue weighted by molar-refractivity contribution is -0.132. The van der Waals surface area contributed by atoms with Gasteiger partial charge in [0.1, 0.15) is 11.5 Å². The summed E-state index contributed by atoms with van der Waals surface area (Å²) >= 11 is 12.5. The predicted molar refractivity (Wildman–Crippen MR) is 154 cm³/mol. The van der Waals surface area contributed by atoms with Crippen molar-refractivity contribution in [2.45, 2.75) is 39.2 Å². The highest BCUT2D eigenvalue weighted by Gasteiger charge is 2.47. The minimum Gasteiger partial charge on any atom is -0.507 e. The zero-order chi connectivity index (χ0) is 28.6. The smallest absolute Gasteiger partial charge is 0.300 e. The van der Waals surface area contributed by atoms with E-state index in [2.05, 4.69) is 26.1 Å². The number of amides is 2. The SMILES string of the molecule is COc1c(Cl)cc(Cl)cc1/C(O)=C1\C(=O)C(=O)N(c2ccc(NC(C)=O)cc2)C1c1ccc(C(C)(C)C)cc1. The van der Waals surface area contributed by atoms with E-state index in [0.29, 0.717) is 16.9 Å². The molecule has 9 heteroatoms. The van der Waals surface area contributed by atoms with Crippen LogP contribution in [0.25, 0.3) is 5.76 Å². The van der Waals surface area contributed by atoms with Gasteiger partial charge >= 0.3 is 0 Å². The number of rotatable bonds is 5. The van der Waals surface area contributed by atoms with Crippen LogP contribution in [0, 0.1) is 0 Å². The number of benzene rings is 3. The van der Waals surface area contributed by atoms with Gasteiger partial charge in [-0.1, -0.05) is 68.2 Å². The molecular formula is C30H28Cl2N2O5. The van der Waals surface area contributed by atoms with Crippen LogP contribution in [0.5, 0.6) is 5.75 Å². The third kappa shape index (κ3) is 5.51. The van der Waals surface area contributed by atoms with E-state index in [-0.39, 0.29) is 38.3 Å². The highest BCUT2D eigenvalue weighted by atomic mass is 35.5. The molecule has 2 amide bonds. The molecule has 0 spiro atoms. The van der Waals surface area contributed by atoms with Crippen LogP contribution in [0.4, 0.5) is 11.4 Å². The number of ketones is 1. The zero-order valence-corrected chi connectivity index (χ0v) is 23.6. The number of anilines is 2. The molecule has 3 aromatic rings. The van der Waals surface area contributed by atoms with E-state index in [0.717, 1.165) is 5.56 Å². The largest absolute Gasteiger partial charge is 0.507 e. The molecule has 4 rings (SSSR count). The minimum absolute atomic E-state index is 0.0883. The van der Waals surface area contributed by atoms with E-state index in [1.165, 1.54) is 31.1 Å². The van der Waals surface area contributed by atoms with Crippen molar-refractivity contribution < 1.29 is 24.2 Å². The summed E-state index contributed by atoms with van der Waals surface area (Å²) in [6.07, 6.45) is 0. The van der Waals surface area contributed by atoms with E-state index >= 15 is 0 Å². The molecule has 2 N–H and O–H groups in total. The van der Waals surface area contributed by atoms with Gasteiger partial charge in [-0.15, -0.1) is 0 Å². The number of nitrogens with zero attached hydrogens (tertiary/aromatic N) is 1. The van der Waals surface area contributed by atoms with Crippen molar-refractivity contribution in [1.29, 1.82) is 0 Å². The summed E-state index contributed by atoms with van der Waals surface area (Å²) in [5.74, 6) is -2.28. The lowest BCUT2D eigenvalue weighted by Gasteiger charge is -2.27. The molecule has 1 aliphatic rings. The number of ether oxygens (including phenoxy) is 1. The van der Waals surface area contributed by atoms with E-state index in [4.69, 9.17) is 27.9 Å². The van der Waals surface area contributed by atoms with Crippen molar-refractivity contribution >= 4 is 57.9 Å². The Morgan fingerprint density at radius 1 is 1.00 bits per heavy atom. The number of carbonyl (C=O) groups is 3. The molecule has 1 heterocycles. The minimum atomic E-state index is -0.965. The van der Waals surface area contributed by atoms with Gasteiger partial charge in [0.15, 0.2) is 0 Å². The number of methoxy groups -OCH3 is 1. The maximum atomic E-state index is 13.5. The van der Waals surface area contributed by atoms with Crippen LogP contribution in [0.15, 0.2) is 66.2 Å². The summed E-state index contributed by atoms with van der Waals surface area (Å²) in [6, 6.07) is 16.0. The number of aliphatic hydroxyl groups excluding tert-OH is 1. The zero-order valence-electron chi connectivity index (χ0n) is 22.1. The van der Waals surface area contributed by atoms with Gasteiger partial charge in [0, 0.05) is 23.3 Å². The summed E-state index contributed by atoms with van der Waals surface area (Å²) in [7, 11) is 1.38. The lowest BCUT2D eigenvalue weighted by atomic mass is 9.85. The molecule has 1 aliphatic heterocycles. The van der Waals surface area contributed by atoms with E-state index in [1.54, 1.807) is 24.3 Å². The van der Waals surface area contributed by atoms with Crippen molar-refractivity contribution in [3.8, 4) is 5.75 Å². The maximum absolute atomic E-state index is 13.5. The third-order valence-electron chi connectivity index (χ3n) is 6.47. The summed E-state index contributed by atoms with van der Waals surface area (Å²) < 4.78 is 5.40. The number of Topliss-reactive ketones (excluding diaryl/α,β-unsaturated/α-hetero) is 1. The molecule has 3 aromatic carbocycles. The van der Waals surface area contributed by atoms with Crippen LogP contribution in [0.3, 0.4) is 0 Å². The molecule has 1 atom stereocenters. The van der Waals surface area contributed by atoms with Crippen LogP contribution in [-0.4, -0.2) is 29.8 Å². The Morgan fingerprint density at radius 2 is 1.62 bits per heavy atom. The van der Waals surface area contributed by atoms with E-state index in [9.17, 15) is 19.5 Å². The predicted octanol–water partition coefficient (Wildman–Crippen LogP) is 6.88. The molecule has 1 saturated heterocycles. The quantitative estimate of drug-likeness (QED) is 0.199. The highest BCUT2D eigenvalue weighted by Crippen LogP contribution is 2.45. The van der Waals surface area contributed by atoms with Crippen molar-refractivity contribution in [1.82, 2.24) is 0 Å². The van der Waals surface area contributed by atoms with Gasteiger partial charge in [0.25, 0.3) is 11.7 Å². The first-order valence-electron chi connectivity index (χ1n) is 12.2. The van der Waals surface area contributed by atoms with Crippen LogP contribution < -0.4 is 15.0 Å². The fourth-order valence-corrected chi connectivity index (χ4v) is 5.15. The number of carbonyl (C=O) groups excluding carboxylic acids is 3. The first-order chi connectivity index (χ1) is 18.3. The number of nitrogens with one attached hydrogen (secondary N) is 1. The topological polar surface area (TPSA) is 95.9 Å².